The van der Waals surface area contributed by atoms with Crippen LogP contribution in [-0.2, 0) is 5.88 Å². The van der Waals surface area contributed by atoms with Gasteiger partial charge in [0.05, 0.1) is 5.88 Å². The van der Waals surface area contributed by atoms with Crippen molar-refractivity contribution >= 4 is 43.5 Å². The third kappa shape index (κ3) is 2.62. The highest BCUT2D eigenvalue weighted by Crippen LogP contribution is 2.27. The molecule has 0 saturated heterocycles. The van der Waals surface area contributed by atoms with E-state index in [0.29, 0.717) is 11.6 Å². The third-order valence-electron chi connectivity index (χ3n) is 1.85. The van der Waals surface area contributed by atoms with E-state index in [1.807, 2.05) is 24.3 Å². The quantitative estimate of drug-likeness (QED) is 0.739. The summed E-state index contributed by atoms with van der Waals surface area (Å²) in [5, 5.41) is 3.94. The van der Waals surface area contributed by atoms with Gasteiger partial charge < -0.3 is 4.52 Å². The van der Waals surface area contributed by atoms with Gasteiger partial charge in [-0.2, -0.15) is 0 Å². The zero-order valence-electron chi connectivity index (χ0n) is 7.51. The maximum absolute atomic E-state index is 5.64. The molecule has 0 bridgehead atoms. The van der Waals surface area contributed by atoms with E-state index in [0.717, 1.165) is 20.2 Å². The Morgan fingerprint density at radius 1 is 1.13 bits per heavy atom. The zero-order chi connectivity index (χ0) is 10.8. The Balaban J connectivity index is 2.44. The van der Waals surface area contributed by atoms with E-state index in [4.69, 9.17) is 16.1 Å². The van der Waals surface area contributed by atoms with Gasteiger partial charge >= 0.3 is 0 Å². The molecule has 5 heteroatoms. The van der Waals surface area contributed by atoms with Crippen molar-refractivity contribution in [2.75, 3.05) is 0 Å². The van der Waals surface area contributed by atoms with Gasteiger partial charge in [-0.1, -0.05) is 37.0 Å². The molecule has 0 aliphatic carbocycles. The highest BCUT2D eigenvalue weighted by atomic mass is 79.9. The number of halogens is 3. The van der Waals surface area contributed by atoms with E-state index in [1.54, 1.807) is 0 Å². The lowest BCUT2D eigenvalue weighted by molar-refractivity contribution is 0.396. The van der Waals surface area contributed by atoms with Crippen molar-refractivity contribution in [2.24, 2.45) is 0 Å². The van der Waals surface area contributed by atoms with Crippen LogP contribution in [-0.4, -0.2) is 5.16 Å². The normalized spacial score (nSPS) is 10.6. The lowest BCUT2D eigenvalue weighted by Crippen LogP contribution is -1.77. The van der Waals surface area contributed by atoms with Gasteiger partial charge in [0.2, 0.25) is 0 Å². The summed E-state index contributed by atoms with van der Waals surface area (Å²) in [6.45, 7) is 0. The van der Waals surface area contributed by atoms with Gasteiger partial charge in [-0.15, -0.1) is 11.6 Å². The van der Waals surface area contributed by atoms with Crippen molar-refractivity contribution in [1.29, 1.82) is 0 Å². The van der Waals surface area contributed by atoms with Gasteiger partial charge in [-0.25, -0.2) is 0 Å². The molecule has 15 heavy (non-hydrogen) atoms. The van der Waals surface area contributed by atoms with Crippen LogP contribution in [0.2, 0.25) is 0 Å². The second-order valence-corrected chi connectivity index (χ2v) is 5.07. The molecular weight excluding hydrogens is 345 g/mol. The lowest BCUT2D eigenvalue weighted by Gasteiger charge is -1.98. The fourth-order valence-electron chi connectivity index (χ4n) is 1.21. The Morgan fingerprint density at radius 2 is 1.80 bits per heavy atom. The molecule has 1 aromatic heterocycles. The number of hydrogen-bond donors (Lipinski definition) is 0. The summed E-state index contributed by atoms with van der Waals surface area (Å²) in [5.41, 5.74) is 1.77. The van der Waals surface area contributed by atoms with Crippen molar-refractivity contribution in [3.05, 3.63) is 39.0 Å². The Kier molecular flexibility index (Phi) is 3.49. The van der Waals surface area contributed by atoms with E-state index in [-0.39, 0.29) is 0 Å². The first-order valence-electron chi connectivity index (χ1n) is 4.17. The fourth-order valence-corrected chi connectivity index (χ4v) is 2.63. The number of hydrogen-bond acceptors (Lipinski definition) is 2. The number of rotatable bonds is 2. The predicted molar refractivity (Wildman–Crippen MR) is 66.9 cm³/mol. The molecule has 0 aliphatic rings. The Morgan fingerprint density at radius 3 is 2.33 bits per heavy atom. The molecule has 0 aliphatic heterocycles. The van der Waals surface area contributed by atoms with Crippen molar-refractivity contribution < 1.29 is 4.52 Å². The maximum atomic E-state index is 5.64. The maximum Gasteiger partial charge on any atom is 0.152 e. The molecule has 2 rings (SSSR count). The molecule has 1 aromatic carbocycles. The number of alkyl halides is 1. The first-order chi connectivity index (χ1) is 7.19. The second-order valence-electron chi connectivity index (χ2n) is 2.97. The predicted octanol–water partition coefficient (Wildman–Crippen LogP) is 4.61. The van der Waals surface area contributed by atoms with Gasteiger partial charge in [0.15, 0.2) is 5.76 Å². The molecular formula is C10H6Br2ClNO. The SMILES string of the molecule is ClCc1cc(-c2cc(Br)cc(Br)c2)no1. The number of aromatic nitrogens is 1. The number of benzene rings is 1. The van der Waals surface area contributed by atoms with E-state index in [2.05, 4.69) is 37.0 Å². The molecule has 0 amide bonds. The second kappa shape index (κ2) is 4.68. The molecule has 0 saturated carbocycles. The molecule has 2 nitrogen and oxygen atoms in total. The van der Waals surface area contributed by atoms with Crippen LogP contribution in [0.15, 0.2) is 37.7 Å². The summed E-state index contributed by atoms with van der Waals surface area (Å²) in [5.74, 6) is 1.00. The Bertz CT molecular complexity index is 464. The standard InChI is InChI=1S/C10H6Br2ClNO/c11-7-1-6(2-8(12)3-7)10-4-9(5-13)15-14-10/h1-4H,5H2. The van der Waals surface area contributed by atoms with Gasteiger partial charge in [0.1, 0.15) is 5.69 Å². The van der Waals surface area contributed by atoms with Crippen LogP contribution in [0.25, 0.3) is 11.3 Å². The summed E-state index contributed by atoms with van der Waals surface area (Å²) in [4.78, 5) is 0. The Hall–Kier alpha value is -0.320. The third-order valence-corrected chi connectivity index (χ3v) is 3.03. The molecule has 0 N–H and O–H groups in total. The minimum Gasteiger partial charge on any atom is -0.359 e. The van der Waals surface area contributed by atoms with Crippen LogP contribution in [0.1, 0.15) is 5.76 Å². The van der Waals surface area contributed by atoms with Crippen molar-refractivity contribution in [2.45, 2.75) is 5.88 Å². The van der Waals surface area contributed by atoms with Gasteiger partial charge in [0.25, 0.3) is 0 Å². The van der Waals surface area contributed by atoms with E-state index in [1.165, 1.54) is 0 Å². The highest BCUT2D eigenvalue weighted by Gasteiger charge is 2.07. The molecule has 0 atom stereocenters. The van der Waals surface area contributed by atoms with Crippen LogP contribution >= 0.6 is 43.5 Å². The molecule has 78 valence electrons. The minimum atomic E-state index is 0.335. The number of nitrogens with zero attached hydrogens (tertiary/aromatic N) is 1. The first kappa shape index (κ1) is 11.2. The molecule has 0 radical (unpaired) electrons. The summed E-state index contributed by atoms with van der Waals surface area (Å²) >= 11 is 12.5. The fraction of sp³-hybridized carbons (Fsp3) is 0.100. The first-order valence-corrected chi connectivity index (χ1v) is 6.29. The largest absolute Gasteiger partial charge is 0.359 e. The van der Waals surface area contributed by atoms with E-state index in [9.17, 15) is 0 Å². The van der Waals surface area contributed by atoms with Crippen LogP contribution in [0.5, 0.6) is 0 Å². The monoisotopic (exact) mass is 349 g/mol. The molecule has 0 unspecified atom stereocenters. The van der Waals surface area contributed by atoms with E-state index < -0.39 is 0 Å². The van der Waals surface area contributed by atoms with Gasteiger partial charge in [-0.3, -0.25) is 0 Å². The zero-order valence-corrected chi connectivity index (χ0v) is 11.4. The van der Waals surface area contributed by atoms with Crippen molar-refractivity contribution in [1.82, 2.24) is 5.16 Å². The van der Waals surface area contributed by atoms with Crippen LogP contribution in [0.3, 0.4) is 0 Å². The molecule has 2 aromatic rings. The summed E-state index contributed by atoms with van der Waals surface area (Å²) < 4.78 is 7.01. The van der Waals surface area contributed by atoms with Crippen molar-refractivity contribution in [3.63, 3.8) is 0 Å². The van der Waals surface area contributed by atoms with Gasteiger partial charge in [0, 0.05) is 20.6 Å². The van der Waals surface area contributed by atoms with Gasteiger partial charge in [-0.05, 0) is 18.2 Å². The summed E-state index contributed by atoms with van der Waals surface area (Å²) in [7, 11) is 0. The minimum absolute atomic E-state index is 0.335. The van der Waals surface area contributed by atoms with Crippen LogP contribution in [0.4, 0.5) is 0 Å². The van der Waals surface area contributed by atoms with Crippen molar-refractivity contribution in [3.8, 4) is 11.3 Å². The smallest absolute Gasteiger partial charge is 0.152 e. The lowest BCUT2D eigenvalue weighted by atomic mass is 10.1. The summed E-state index contributed by atoms with van der Waals surface area (Å²) in [6.07, 6.45) is 0. The molecule has 0 fully saturated rings. The summed E-state index contributed by atoms with van der Waals surface area (Å²) in [6, 6.07) is 7.74. The topological polar surface area (TPSA) is 26.0 Å². The average molecular weight is 351 g/mol. The van der Waals surface area contributed by atoms with E-state index >= 15 is 0 Å². The molecule has 1 heterocycles. The van der Waals surface area contributed by atoms with Crippen LogP contribution in [0, 0.1) is 0 Å². The Labute approximate surface area is 109 Å². The highest BCUT2D eigenvalue weighted by molar-refractivity contribution is 9.11. The van der Waals surface area contributed by atoms with Crippen LogP contribution < -0.4 is 0 Å². The average Bonchev–Trinajstić information content (AvgIpc) is 2.64. The molecule has 0 spiro atoms.